The van der Waals surface area contributed by atoms with Crippen LogP contribution in [-0.4, -0.2) is 75.8 Å². The minimum atomic E-state index is -2.56. The van der Waals surface area contributed by atoms with Crippen LogP contribution in [0.3, 0.4) is 0 Å². The van der Waals surface area contributed by atoms with Gasteiger partial charge in [-0.3, -0.25) is 4.90 Å². The van der Waals surface area contributed by atoms with Crippen LogP contribution in [0.5, 0.6) is 0 Å². The van der Waals surface area contributed by atoms with Crippen LogP contribution in [0.25, 0.3) is 16.8 Å². The lowest BCUT2D eigenvalue weighted by atomic mass is 10.0. The SMILES string of the molecule is N=Nc1ccc(-c2ccn3nc(NC4CCN(C5COC5)CC4)nc(N)c23)nc1NCC(F)F. The third-order valence-electron chi connectivity index (χ3n) is 6.23. The molecule has 3 aromatic rings. The third-order valence-corrected chi connectivity index (χ3v) is 6.23. The van der Waals surface area contributed by atoms with Gasteiger partial charge in [-0.2, -0.15) is 10.1 Å². The number of pyridine rings is 1. The van der Waals surface area contributed by atoms with E-state index in [4.69, 9.17) is 16.0 Å². The fraction of sp³-hybridized carbons (Fsp3) is 0.476. The molecule has 2 fully saturated rings. The van der Waals surface area contributed by atoms with Gasteiger partial charge in [0.15, 0.2) is 11.6 Å². The molecule has 2 aliphatic heterocycles. The van der Waals surface area contributed by atoms with Crippen LogP contribution < -0.4 is 16.4 Å². The summed E-state index contributed by atoms with van der Waals surface area (Å²) in [6, 6.07) is 5.80. The van der Waals surface area contributed by atoms with Crippen LogP contribution in [0, 0.1) is 5.53 Å². The first kappa shape index (κ1) is 22.3. The van der Waals surface area contributed by atoms with E-state index in [0.29, 0.717) is 28.8 Å². The molecular weight excluding hydrogens is 446 g/mol. The van der Waals surface area contributed by atoms with Crippen molar-refractivity contribution < 1.29 is 13.5 Å². The summed E-state index contributed by atoms with van der Waals surface area (Å²) >= 11 is 0. The molecule has 5 N–H and O–H groups in total. The van der Waals surface area contributed by atoms with Gasteiger partial charge in [-0.25, -0.2) is 23.8 Å². The lowest BCUT2D eigenvalue weighted by Gasteiger charge is -2.41. The van der Waals surface area contributed by atoms with E-state index in [9.17, 15) is 8.78 Å². The molecular formula is C21H26F2N10O. The highest BCUT2D eigenvalue weighted by atomic mass is 19.3. The van der Waals surface area contributed by atoms with Crippen LogP contribution >= 0.6 is 0 Å². The number of halogens is 2. The second-order valence-corrected chi connectivity index (χ2v) is 8.44. The maximum atomic E-state index is 12.7. The van der Waals surface area contributed by atoms with Crippen molar-refractivity contribution in [2.45, 2.75) is 31.4 Å². The molecule has 3 aromatic heterocycles. The number of hydrogen-bond acceptors (Lipinski definition) is 10. The lowest BCUT2D eigenvalue weighted by Crippen LogP contribution is -2.53. The van der Waals surface area contributed by atoms with E-state index in [1.54, 1.807) is 28.9 Å². The zero-order chi connectivity index (χ0) is 23.7. The molecule has 0 spiro atoms. The number of fused-ring (bicyclic) bond motifs is 1. The van der Waals surface area contributed by atoms with Gasteiger partial charge in [0.1, 0.15) is 11.2 Å². The number of hydrogen-bond donors (Lipinski definition) is 4. The van der Waals surface area contributed by atoms with E-state index in [1.807, 2.05) is 0 Å². The average Bonchev–Trinajstić information content (AvgIpc) is 3.22. The number of anilines is 3. The predicted molar refractivity (Wildman–Crippen MR) is 123 cm³/mol. The largest absolute Gasteiger partial charge is 0.382 e. The van der Waals surface area contributed by atoms with Gasteiger partial charge in [-0.1, -0.05) is 0 Å². The van der Waals surface area contributed by atoms with E-state index >= 15 is 0 Å². The molecule has 0 aromatic carbocycles. The Hall–Kier alpha value is -3.45. The first-order chi connectivity index (χ1) is 16.5. The van der Waals surface area contributed by atoms with E-state index < -0.39 is 13.0 Å². The van der Waals surface area contributed by atoms with Crippen LogP contribution in [0.1, 0.15) is 12.8 Å². The molecule has 0 atom stereocenters. The average molecular weight is 473 g/mol. The van der Waals surface area contributed by atoms with E-state index in [2.05, 4.69) is 35.7 Å². The molecule has 2 aliphatic rings. The number of nitrogens with one attached hydrogen (secondary N) is 3. The van der Waals surface area contributed by atoms with Crippen molar-refractivity contribution >= 4 is 28.8 Å². The van der Waals surface area contributed by atoms with Crippen molar-refractivity contribution in [1.29, 1.82) is 5.53 Å². The molecule has 0 amide bonds. The number of rotatable bonds is 8. The minimum Gasteiger partial charge on any atom is -0.382 e. The Labute approximate surface area is 194 Å². The Bertz CT molecular complexity index is 1170. The van der Waals surface area contributed by atoms with Gasteiger partial charge in [0, 0.05) is 30.9 Å². The summed E-state index contributed by atoms with van der Waals surface area (Å²) in [7, 11) is 0. The highest BCUT2D eigenvalue weighted by molar-refractivity contribution is 5.87. The zero-order valence-electron chi connectivity index (χ0n) is 18.4. The number of nitrogen functional groups attached to an aromatic ring is 1. The maximum absolute atomic E-state index is 12.7. The standard InChI is InChI=1S/C21H26F2N10O/c22-17(23)9-26-20-16(30-25)2-1-15(28-20)14-5-8-33-18(14)19(24)29-21(31-33)27-12-3-6-32(7-4-12)13-10-34-11-13/h1-2,5,8,12-13,17,25H,3-4,6-7,9-11H2,(H,26,28)(H3,24,27,29,31). The van der Waals surface area contributed by atoms with Crippen molar-refractivity contribution in [2.24, 2.45) is 5.11 Å². The molecule has 0 unspecified atom stereocenters. The molecule has 13 heteroatoms. The van der Waals surface area contributed by atoms with Crippen molar-refractivity contribution in [3.8, 4) is 11.3 Å². The van der Waals surface area contributed by atoms with Crippen molar-refractivity contribution in [2.75, 3.05) is 49.2 Å². The summed E-state index contributed by atoms with van der Waals surface area (Å²) in [4.78, 5) is 11.3. The molecule has 0 bridgehead atoms. The Morgan fingerprint density at radius 3 is 2.68 bits per heavy atom. The van der Waals surface area contributed by atoms with Crippen molar-refractivity contribution in [3.63, 3.8) is 0 Å². The fourth-order valence-corrected chi connectivity index (χ4v) is 4.34. The van der Waals surface area contributed by atoms with E-state index in [0.717, 1.165) is 39.1 Å². The van der Waals surface area contributed by atoms with Gasteiger partial charge < -0.3 is 21.1 Å². The topological polar surface area (TPSA) is 142 Å². The number of nitrogens with zero attached hydrogens (tertiary/aromatic N) is 6. The third kappa shape index (κ3) is 4.48. The van der Waals surface area contributed by atoms with Crippen molar-refractivity contribution in [3.05, 3.63) is 24.4 Å². The van der Waals surface area contributed by atoms with Gasteiger partial charge in [0.05, 0.1) is 31.5 Å². The Kier molecular flexibility index (Phi) is 6.20. The number of ether oxygens (including phenoxy) is 1. The summed E-state index contributed by atoms with van der Waals surface area (Å²) in [5.41, 5.74) is 15.4. The van der Waals surface area contributed by atoms with Gasteiger partial charge in [0.2, 0.25) is 5.95 Å². The molecule has 0 radical (unpaired) electrons. The number of likely N-dealkylation sites (tertiary alicyclic amines) is 1. The summed E-state index contributed by atoms with van der Waals surface area (Å²) in [6.45, 7) is 3.06. The molecule has 0 saturated carbocycles. The maximum Gasteiger partial charge on any atom is 0.255 e. The predicted octanol–water partition coefficient (Wildman–Crippen LogP) is 2.99. The Morgan fingerprint density at radius 1 is 1.21 bits per heavy atom. The van der Waals surface area contributed by atoms with Crippen molar-refractivity contribution in [1.82, 2.24) is 24.5 Å². The summed E-state index contributed by atoms with van der Waals surface area (Å²) in [6.07, 6.45) is 1.17. The summed E-state index contributed by atoms with van der Waals surface area (Å²) in [5.74, 6) is 0.831. The van der Waals surface area contributed by atoms with Crippen LogP contribution in [0.2, 0.25) is 0 Å². The molecule has 2 saturated heterocycles. The van der Waals surface area contributed by atoms with E-state index in [-0.39, 0.29) is 23.4 Å². The van der Waals surface area contributed by atoms with Crippen LogP contribution in [-0.2, 0) is 4.74 Å². The van der Waals surface area contributed by atoms with Crippen LogP contribution in [0.15, 0.2) is 29.5 Å². The molecule has 0 aliphatic carbocycles. The van der Waals surface area contributed by atoms with Gasteiger partial charge in [-0.15, -0.1) is 5.10 Å². The molecule has 180 valence electrons. The Morgan fingerprint density at radius 2 is 2.00 bits per heavy atom. The Balaban J connectivity index is 1.34. The minimum absolute atomic E-state index is 0.102. The van der Waals surface area contributed by atoms with Gasteiger partial charge in [-0.05, 0) is 31.0 Å². The number of nitrogens with two attached hydrogens (primary N) is 1. The second-order valence-electron chi connectivity index (χ2n) is 8.44. The highest BCUT2D eigenvalue weighted by Crippen LogP contribution is 2.32. The quantitative estimate of drug-likeness (QED) is 0.367. The van der Waals surface area contributed by atoms with Crippen LogP contribution in [0.4, 0.5) is 32.1 Å². The summed E-state index contributed by atoms with van der Waals surface area (Å²) < 4.78 is 32.2. The molecule has 11 nitrogen and oxygen atoms in total. The smallest absolute Gasteiger partial charge is 0.255 e. The molecule has 5 heterocycles. The fourth-order valence-electron chi connectivity index (χ4n) is 4.34. The van der Waals surface area contributed by atoms with Gasteiger partial charge in [0.25, 0.3) is 6.43 Å². The van der Waals surface area contributed by atoms with Gasteiger partial charge >= 0.3 is 0 Å². The first-order valence-corrected chi connectivity index (χ1v) is 11.2. The second kappa shape index (κ2) is 9.43. The molecule has 5 rings (SSSR count). The molecule has 34 heavy (non-hydrogen) atoms. The number of piperidine rings is 1. The lowest BCUT2D eigenvalue weighted by molar-refractivity contribution is -0.0705. The first-order valence-electron chi connectivity index (χ1n) is 11.2. The number of aromatic nitrogens is 4. The highest BCUT2D eigenvalue weighted by Gasteiger charge is 2.30. The normalized spacial score (nSPS) is 17.7. The monoisotopic (exact) mass is 472 g/mol. The van der Waals surface area contributed by atoms with E-state index in [1.165, 1.54) is 0 Å². The number of alkyl halides is 2. The zero-order valence-corrected chi connectivity index (χ0v) is 18.4. The summed E-state index contributed by atoms with van der Waals surface area (Å²) in [5, 5.41) is 13.8.